The highest BCUT2D eigenvalue weighted by Gasteiger charge is 2.30. The number of halogens is 2. The van der Waals surface area contributed by atoms with Crippen LogP contribution in [0.2, 0.25) is 0 Å². The maximum Gasteiger partial charge on any atom is 0.162 e. The normalized spacial score (nSPS) is 16.5. The van der Waals surface area contributed by atoms with Crippen LogP contribution in [0.25, 0.3) is 0 Å². The minimum atomic E-state index is -0.0623. The zero-order valence-electron chi connectivity index (χ0n) is 10.9. The van der Waals surface area contributed by atoms with Gasteiger partial charge >= 0.3 is 0 Å². The maximum absolute atomic E-state index is 6.62. The fraction of sp³-hybridized carbons (Fsp3) is 0.571. The maximum atomic E-state index is 6.62. The molecule has 0 N–H and O–H groups in total. The van der Waals surface area contributed by atoms with Crippen LogP contribution in [-0.2, 0) is 0 Å². The molecule has 1 aromatic carbocycles. The lowest BCUT2D eigenvalue weighted by Gasteiger charge is -2.30. The van der Waals surface area contributed by atoms with E-state index in [-0.39, 0.29) is 10.8 Å². The number of alkyl halides is 1. The molecule has 0 saturated heterocycles. The van der Waals surface area contributed by atoms with Gasteiger partial charge in [-0.05, 0) is 29.5 Å². The molecule has 100 valence electrons. The molecule has 4 heteroatoms. The first-order valence-electron chi connectivity index (χ1n) is 6.19. The zero-order valence-corrected chi connectivity index (χ0v) is 13.3. The van der Waals surface area contributed by atoms with Crippen molar-refractivity contribution in [3.8, 4) is 11.5 Å². The van der Waals surface area contributed by atoms with E-state index in [9.17, 15) is 0 Å². The molecule has 0 aromatic heterocycles. The van der Waals surface area contributed by atoms with Gasteiger partial charge in [0.1, 0.15) is 13.2 Å². The van der Waals surface area contributed by atoms with Crippen LogP contribution in [0.3, 0.4) is 0 Å². The molecule has 18 heavy (non-hydrogen) atoms. The Morgan fingerprint density at radius 1 is 1.28 bits per heavy atom. The molecule has 1 aliphatic rings. The summed E-state index contributed by atoms with van der Waals surface area (Å²) < 4.78 is 12.1. The molecule has 1 atom stereocenters. The van der Waals surface area contributed by atoms with Crippen molar-refractivity contribution in [3.63, 3.8) is 0 Å². The van der Waals surface area contributed by atoms with Gasteiger partial charge in [-0.2, -0.15) is 0 Å². The Kier molecular flexibility index (Phi) is 4.12. The van der Waals surface area contributed by atoms with Crippen LogP contribution in [-0.4, -0.2) is 13.2 Å². The predicted molar refractivity (Wildman–Crippen MR) is 77.8 cm³/mol. The molecule has 2 rings (SSSR count). The van der Waals surface area contributed by atoms with E-state index < -0.39 is 0 Å². The summed E-state index contributed by atoms with van der Waals surface area (Å²) in [5.74, 6) is 1.58. The van der Waals surface area contributed by atoms with E-state index in [2.05, 4.69) is 36.7 Å². The van der Waals surface area contributed by atoms with E-state index in [1.807, 2.05) is 12.1 Å². The van der Waals surface area contributed by atoms with Crippen LogP contribution < -0.4 is 9.47 Å². The minimum absolute atomic E-state index is 0.0356. The highest BCUT2D eigenvalue weighted by Crippen LogP contribution is 2.47. The van der Waals surface area contributed by atoms with E-state index in [0.29, 0.717) is 13.2 Å². The van der Waals surface area contributed by atoms with Gasteiger partial charge in [-0.15, -0.1) is 11.6 Å². The van der Waals surface area contributed by atoms with Crippen LogP contribution in [0.15, 0.2) is 16.6 Å². The monoisotopic (exact) mass is 332 g/mol. The summed E-state index contributed by atoms with van der Waals surface area (Å²) in [6, 6.07) is 3.94. The van der Waals surface area contributed by atoms with Gasteiger partial charge in [0.2, 0.25) is 0 Å². The van der Waals surface area contributed by atoms with Crippen molar-refractivity contribution in [2.45, 2.75) is 32.6 Å². The molecule has 0 amide bonds. The fourth-order valence-electron chi connectivity index (χ4n) is 1.87. The van der Waals surface area contributed by atoms with Crippen LogP contribution >= 0.6 is 27.5 Å². The van der Waals surface area contributed by atoms with E-state index >= 15 is 0 Å². The van der Waals surface area contributed by atoms with E-state index in [1.54, 1.807) is 0 Å². The van der Waals surface area contributed by atoms with E-state index in [1.165, 1.54) is 0 Å². The molecule has 0 radical (unpaired) electrons. The number of ether oxygens (including phenoxy) is 2. The average Bonchev–Trinajstić information content (AvgIpc) is 2.37. The standard InChI is InChI=1S/C14H18BrClO2/c1-4-14(2,3)13(16)9-7-11-12(8-10(9)15)18-6-5-17-11/h7-8,13H,4-6H2,1-3H3. The molecule has 1 unspecified atom stereocenters. The number of benzene rings is 1. The second kappa shape index (κ2) is 5.30. The second-order valence-corrected chi connectivity index (χ2v) is 6.51. The van der Waals surface area contributed by atoms with Gasteiger partial charge in [0, 0.05) is 4.47 Å². The van der Waals surface area contributed by atoms with Crippen molar-refractivity contribution in [2.75, 3.05) is 13.2 Å². The lowest BCUT2D eigenvalue weighted by atomic mass is 9.82. The van der Waals surface area contributed by atoms with Gasteiger partial charge in [0.25, 0.3) is 0 Å². The summed E-state index contributed by atoms with van der Waals surface area (Å²) >= 11 is 10.2. The number of fused-ring (bicyclic) bond motifs is 1. The van der Waals surface area contributed by atoms with Crippen LogP contribution in [0.1, 0.15) is 38.1 Å². The van der Waals surface area contributed by atoms with Crippen LogP contribution in [0.5, 0.6) is 11.5 Å². The Morgan fingerprint density at radius 3 is 2.39 bits per heavy atom. The molecular formula is C14H18BrClO2. The number of hydrogen-bond donors (Lipinski definition) is 0. The van der Waals surface area contributed by atoms with E-state index in [0.717, 1.165) is 28.0 Å². The third kappa shape index (κ3) is 2.62. The quantitative estimate of drug-likeness (QED) is 0.730. The van der Waals surface area contributed by atoms with Crippen molar-refractivity contribution in [2.24, 2.45) is 5.41 Å². The van der Waals surface area contributed by atoms with Gasteiger partial charge in [-0.1, -0.05) is 36.7 Å². The van der Waals surface area contributed by atoms with Gasteiger partial charge in [-0.25, -0.2) is 0 Å². The Hall–Kier alpha value is -0.410. The molecular weight excluding hydrogens is 316 g/mol. The average molecular weight is 334 g/mol. The predicted octanol–water partition coefficient (Wildman–Crippen LogP) is 4.94. The molecule has 1 aliphatic heterocycles. The number of rotatable bonds is 3. The summed E-state index contributed by atoms with van der Waals surface area (Å²) in [5.41, 5.74) is 1.10. The first-order chi connectivity index (χ1) is 8.45. The molecule has 0 spiro atoms. The molecule has 0 aliphatic carbocycles. The highest BCUT2D eigenvalue weighted by atomic mass is 79.9. The van der Waals surface area contributed by atoms with Gasteiger partial charge < -0.3 is 9.47 Å². The summed E-state index contributed by atoms with van der Waals surface area (Å²) in [7, 11) is 0. The lowest BCUT2D eigenvalue weighted by molar-refractivity contribution is 0.171. The summed E-state index contributed by atoms with van der Waals surface area (Å²) in [5, 5.41) is -0.0623. The molecule has 0 saturated carbocycles. The first kappa shape index (κ1) is 14.0. The van der Waals surface area contributed by atoms with Crippen LogP contribution in [0.4, 0.5) is 0 Å². The van der Waals surface area contributed by atoms with Gasteiger partial charge in [0.15, 0.2) is 11.5 Å². The lowest BCUT2D eigenvalue weighted by Crippen LogP contribution is -2.19. The molecule has 1 heterocycles. The topological polar surface area (TPSA) is 18.5 Å². The third-order valence-electron chi connectivity index (χ3n) is 3.53. The smallest absolute Gasteiger partial charge is 0.162 e. The zero-order chi connectivity index (χ0) is 13.3. The number of hydrogen-bond acceptors (Lipinski definition) is 2. The van der Waals surface area contributed by atoms with E-state index in [4.69, 9.17) is 21.1 Å². The van der Waals surface area contributed by atoms with Crippen molar-refractivity contribution in [3.05, 3.63) is 22.2 Å². The Bertz CT molecular complexity index is 446. The summed E-state index contributed by atoms with van der Waals surface area (Å²) in [4.78, 5) is 0. The molecule has 0 bridgehead atoms. The van der Waals surface area contributed by atoms with Crippen LogP contribution in [0, 0.1) is 5.41 Å². The van der Waals surface area contributed by atoms with Gasteiger partial charge in [-0.3, -0.25) is 0 Å². The molecule has 2 nitrogen and oxygen atoms in total. The largest absolute Gasteiger partial charge is 0.486 e. The Labute approximate surface area is 122 Å². The van der Waals surface area contributed by atoms with Crippen molar-refractivity contribution >= 4 is 27.5 Å². The Morgan fingerprint density at radius 2 is 1.83 bits per heavy atom. The highest BCUT2D eigenvalue weighted by molar-refractivity contribution is 9.10. The molecule has 0 fully saturated rings. The summed E-state index contributed by atoms with van der Waals surface area (Å²) in [6.07, 6.45) is 1.02. The van der Waals surface area contributed by atoms with Gasteiger partial charge in [0.05, 0.1) is 5.38 Å². The second-order valence-electron chi connectivity index (χ2n) is 5.22. The summed E-state index contributed by atoms with van der Waals surface area (Å²) in [6.45, 7) is 7.70. The molecule has 1 aromatic rings. The fourth-order valence-corrected chi connectivity index (χ4v) is 2.89. The Balaban J connectivity index is 2.39. The third-order valence-corrected chi connectivity index (χ3v) is 5.04. The van der Waals surface area contributed by atoms with Crippen molar-refractivity contribution < 1.29 is 9.47 Å². The van der Waals surface area contributed by atoms with Crippen molar-refractivity contribution in [1.29, 1.82) is 0 Å². The SMILES string of the molecule is CCC(C)(C)C(Cl)c1cc2c(cc1Br)OCCO2. The van der Waals surface area contributed by atoms with Crippen molar-refractivity contribution in [1.82, 2.24) is 0 Å². The minimum Gasteiger partial charge on any atom is -0.486 e. The first-order valence-corrected chi connectivity index (χ1v) is 7.41.